The number of hydrogen-bond donors (Lipinski definition) is 0. The monoisotopic (exact) mass is 258 g/mol. The molecule has 0 saturated carbocycles. The van der Waals surface area contributed by atoms with Crippen molar-refractivity contribution >= 4 is 28.4 Å². The SMILES string of the molecule is COc1ccc(/C=C/c2nn3cnnc3s2)cc1. The topological polar surface area (TPSA) is 52.3 Å². The fourth-order valence-electron chi connectivity index (χ4n) is 1.53. The van der Waals surface area contributed by atoms with Crippen LogP contribution in [-0.4, -0.2) is 26.9 Å². The zero-order chi connectivity index (χ0) is 12.4. The minimum absolute atomic E-state index is 0.796. The highest BCUT2D eigenvalue weighted by Crippen LogP contribution is 2.16. The molecule has 0 aliphatic rings. The number of benzene rings is 1. The molecule has 3 rings (SSSR count). The van der Waals surface area contributed by atoms with Crippen molar-refractivity contribution in [3.8, 4) is 5.75 Å². The van der Waals surface area contributed by atoms with Crippen LogP contribution in [0.15, 0.2) is 30.6 Å². The van der Waals surface area contributed by atoms with Crippen LogP contribution < -0.4 is 4.74 Å². The van der Waals surface area contributed by atoms with E-state index in [-0.39, 0.29) is 0 Å². The molecule has 0 fully saturated rings. The minimum atomic E-state index is 0.796. The van der Waals surface area contributed by atoms with Crippen LogP contribution in [0.25, 0.3) is 17.1 Å². The van der Waals surface area contributed by atoms with Gasteiger partial charge in [-0.2, -0.15) is 9.61 Å². The lowest BCUT2D eigenvalue weighted by molar-refractivity contribution is 0.415. The fraction of sp³-hybridized carbons (Fsp3) is 0.0833. The summed E-state index contributed by atoms with van der Waals surface area (Å²) in [7, 11) is 1.66. The van der Waals surface area contributed by atoms with E-state index in [4.69, 9.17) is 4.74 Å². The summed E-state index contributed by atoms with van der Waals surface area (Å²) in [6.07, 6.45) is 5.56. The molecular weight excluding hydrogens is 248 g/mol. The van der Waals surface area contributed by atoms with Crippen molar-refractivity contribution in [3.05, 3.63) is 41.2 Å². The zero-order valence-corrected chi connectivity index (χ0v) is 10.5. The van der Waals surface area contributed by atoms with Crippen LogP contribution in [0.4, 0.5) is 0 Å². The second-order valence-electron chi connectivity index (χ2n) is 3.60. The van der Waals surface area contributed by atoms with Gasteiger partial charge in [-0.05, 0) is 23.8 Å². The summed E-state index contributed by atoms with van der Waals surface area (Å²) in [5.41, 5.74) is 1.10. The van der Waals surface area contributed by atoms with Crippen LogP contribution in [-0.2, 0) is 0 Å². The van der Waals surface area contributed by atoms with Gasteiger partial charge in [0.2, 0.25) is 4.96 Å². The largest absolute Gasteiger partial charge is 0.497 e. The van der Waals surface area contributed by atoms with E-state index in [1.807, 2.05) is 36.4 Å². The van der Waals surface area contributed by atoms with Gasteiger partial charge in [0.15, 0.2) is 0 Å². The van der Waals surface area contributed by atoms with Crippen LogP contribution in [0.5, 0.6) is 5.75 Å². The standard InChI is InChI=1S/C12H10N4OS/c1-17-10-5-2-9(3-6-10)4-7-11-15-16-8-13-14-12(16)18-11/h2-8H,1H3/b7-4+. The Labute approximate surface area is 107 Å². The lowest BCUT2D eigenvalue weighted by Crippen LogP contribution is -1.82. The van der Waals surface area contributed by atoms with Crippen molar-refractivity contribution in [1.82, 2.24) is 19.8 Å². The van der Waals surface area contributed by atoms with E-state index < -0.39 is 0 Å². The lowest BCUT2D eigenvalue weighted by atomic mass is 10.2. The van der Waals surface area contributed by atoms with Gasteiger partial charge in [-0.3, -0.25) is 0 Å². The number of aromatic nitrogens is 4. The number of fused-ring (bicyclic) bond motifs is 1. The van der Waals surface area contributed by atoms with Crippen molar-refractivity contribution in [2.75, 3.05) is 7.11 Å². The summed E-state index contributed by atoms with van der Waals surface area (Å²) >= 11 is 1.50. The van der Waals surface area contributed by atoms with E-state index in [1.165, 1.54) is 11.3 Å². The van der Waals surface area contributed by atoms with Crippen molar-refractivity contribution < 1.29 is 4.74 Å². The molecule has 0 aliphatic heterocycles. The van der Waals surface area contributed by atoms with Crippen LogP contribution in [0.1, 0.15) is 10.6 Å². The van der Waals surface area contributed by atoms with E-state index >= 15 is 0 Å². The van der Waals surface area contributed by atoms with Crippen molar-refractivity contribution in [3.63, 3.8) is 0 Å². The molecule has 2 aromatic heterocycles. The number of rotatable bonds is 3. The normalized spacial score (nSPS) is 11.4. The highest BCUT2D eigenvalue weighted by molar-refractivity contribution is 7.17. The molecule has 3 aromatic rings. The third-order valence-electron chi connectivity index (χ3n) is 2.44. The third kappa shape index (κ3) is 2.10. The summed E-state index contributed by atoms with van der Waals surface area (Å²) in [4.78, 5) is 0.796. The Bertz CT molecular complexity index is 655. The first-order chi connectivity index (χ1) is 8.85. The lowest BCUT2D eigenvalue weighted by Gasteiger charge is -1.98. The van der Waals surface area contributed by atoms with Crippen molar-refractivity contribution in [2.45, 2.75) is 0 Å². The molecular formula is C12H10N4OS. The Balaban J connectivity index is 1.82. The fourth-order valence-corrected chi connectivity index (χ4v) is 2.25. The summed E-state index contributed by atoms with van der Waals surface area (Å²) in [6.45, 7) is 0. The van der Waals surface area contributed by atoms with Crippen LogP contribution in [0.3, 0.4) is 0 Å². The minimum Gasteiger partial charge on any atom is -0.497 e. The maximum atomic E-state index is 5.11. The van der Waals surface area contributed by atoms with Crippen molar-refractivity contribution in [2.24, 2.45) is 0 Å². The number of ether oxygens (including phenoxy) is 1. The molecule has 0 atom stereocenters. The molecule has 6 heteroatoms. The molecule has 0 N–H and O–H groups in total. The van der Waals surface area contributed by atoms with E-state index in [0.29, 0.717) is 0 Å². The highest BCUT2D eigenvalue weighted by Gasteiger charge is 2.01. The second-order valence-corrected chi connectivity index (χ2v) is 4.59. The number of hydrogen-bond acceptors (Lipinski definition) is 5. The zero-order valence-electron chi connectivity index (χ0n) is 9.65. The van der Waals surface area contributed by atoms with Gasteiger partial charge in [-0.15, -0.1) is 10.2 Å². The van der Waals surface area contributed by atoms with Crippen LogP contribution in [0.2, 0.25) is 0 Å². The van der Waals surface area contributed by atoms with E-state index in [1.54, 1.807) is 18.0 Å². The maximum absolute atomic E-state index is 5.11. The second kappa shape index (κ2) is 4.58. The van der Waals surface area contributed by atoms with Crippen LogP contribution >= 0.6 is 11.3 Å². The van der Waals surface area contributed by atoms with Crippen LogP contribution in [0, 0.1) is 0 Å². The first-order valence-corrected chi connectivity index (χ1v) is 6.16. The average molecular weight is 258 g/mol. The Hall–Kier alpha value is -2.21. The molecule has 0 amide bonds. The van der Waals surface area contributed by atoms with Gasteiger partial charge < -0.3 is 4.74 Å². The molecule has 0 bridgehead atoms. The Kier molecular flexibility index (Phi) is 2.77. The molecule has 0 radical (unpaired) electrons. The molecule has 18 heavy (non-hydrogen) atoms. The van der Waals surface area contributed by atoms with Gasteiger partial charge in [0.05, 0.1) is 7.11 Å². The Morgan fingerprint density at radius 1 is 1.22 bits per heavy atom. The predicted octanol–water partition coefficient (Wildman–Crippen LogP) is 2.36. The number of methoxy groups -OCH3 is 1. The summed E-state index contributed by atoms with van der Waals surface area (Å²) < 4.78 is 6.77. The molecule has 2 heterocycles. The summed E-state index contributed by atoms with van der Waals surface area (Å²) in [5.74, 6) is 0.853. The first-order valence-electron chi connectivity index (χ1n) is 5.34. The first kappa shape index (κ1) is 10.9. The summed E-state index contributed by atoms with van der Waals surface area (Å²) in [5, 5.41) is 12.9. The average Bonchev–Trinajstić information content (AvgIpc) is 2.97. The third-order valence-corrected chi connectivity index (χ3v) is 3.31. The molecule has 0 spiro atoms. The maximum Gasteiger partial charge on any atom is 0.234 e. The van der Waals surface area contributed by atoms with Crippen molar-refractivity contribution in [1.29, 1.82) is 0 Å². The molecule has 90 valence electrons. The molecule has 5 nitrogen and oxygen atoms in total. The molecule has 0 unspecified atom stereocenters. The van der Waals surface area contributed by atoms with Gasteiger partial charge in [0, 0.05) is 0 Å². The van der Waals surface area contributed by atoms with Gasteiger partial charge >= 0.3 is 0 Å². The molecule has 0 aliphatic carbocycles. The smallest absolute Gasteiger partial charge is 0.234 e. The van der Waals surface area contributed by atoms with Gasteiger partial charge in [0.1, 0.15) is 17.1 Å². The quantitative estimate of drug-likeness (QED) is 0.723. The van der Waals surface area contributed by atoms with Gasteiger partial charge in [-0.1, -0.05) is 29.5 Å². The van der Waals surface area contributed by atoms with Gasteiger partial charge in [-0.25, -0.2) is 0 Å². The number of nitrogens with zero attached hydrogens (tertiary/aromatic N) is 4. The molecule has 1 aromatic carbocycles. The van der Waals surface area contributed by atoms with Gasteiger partial charge in [0.25, 0.3) is 0 Å². The Morgan fingerprint density at radius 2 is 2.06 bits per heavy atom. The van der Waals surface area contributed by atoms with E-state index in [0.717, 1.165) is 21.3 Å². The predicted molar refractivity (Wildman–Crippen MR) is 70.6 cm³/mol. The highest BCUT2D eigenvalue weighted by atomic mass is 32.1. The summed E-state index contributed by atoms with van der Waals surface area (Å²) in [6, 6.07) is 7.85. The molecule has 0 saturated heterocycles. The van der Waals surface area contributed by atoms with E-state index in [9.17, 15) is 0 Å². The Morgan fingerprint density at radius 3 is 2.78 bits per heavy atom. The van der Waals surface area contributed by atoms with E-state index in [2.05, 4.69) is 15.3 Å².